The first-order valence-electron chi connectivity index (χ1n) is 14.1. The van der Waals surface area contributed by atoms with Crippen LogP contribution in [0.2, 0.25) is 5.02 Å². The molecule has 0 spiro atoms. The van der Waals surface area contributed by atoms with Crippen LogP contribution < -0.4 is 10.2 Å². The predicted molar refractivity (Wildman–Crippen MR) is 154 cm³/mol. The van der Waals surface area contributed by atoms with Crippen molar-refractivity contribution in [2.45, 2.75) is 51.2 Å². The molecule has 1 aromatic carbocycles. The van der Waals surface area contributed by atoms with Crippen molar-refractivity contribution in [3.8, 4) is 11.3 Å². The maximum Gasteiger partial charge on any atom is 0.417 e. The Morgan fingerprint density at radius 1 is 1.07 bits per heavy atom. The monoisotopic (exact) mass is 641 g/mol. The average molecular weight is 642 g/mol. The second-order valence-corrected chi connectivity index (χ2v) is 11.8. The third kappa shape index (κ3) is 5.06. The van der Waals surface area contributed by atoms with Crippen molar-refractivity contribution in [1.29, 1.82) is 0 Å². The number of halogens is 5. The molecule has 1 atom stereocenters. The molecule has 2 fully saturated rings. The van der Waals surface area contributed by atoms with E-state index in [9.17, 15) is 31.9 Å². The van der Waals surface area contributed by atoms with Gasteiger partial charge in [0, 0.05) is 30.3 Å². The number of imidazole rings is 1. The highest BCUT2D eigenvalue weighted by Crippen LogP contribution is 2.38. The fourth-order valence-electron chi connectivity index (χ4n) is 6.03. The summed E-state index contributed by atoms with van der Waals surface area (Å²) in [5.41, 5.74) is 2.24. The third-order valence-corrected chi connectivity index (χ3v) is 8.68. The number of alkyl halides is 4. The average Bonchev–Trinajstić information content (AvgIpc) is 3.45. The summed E-state index contributed by atoms with van der Waals surface area (Å²) in [5.74, 6) is -0.180. The van der Waals surface area contributed by atoms with Gasteiger partial charge in [-0.2, -0.15) is 13.2 Å². The molecule has 45 heavy (non-hydrogen) atoms. The molecule has 0 radical (unpaired) electrons. The van der Waals surface area contributed by atoms with Crippen LogP contribution in [-0.2, 0) is 28.9 Å². The lowest BCUT2D eigenvalue weighted by Gasteiger charge is -2.35. The number of carbonyl (C=O) groups is 3. The van der Waals surface area contributed by atoms with Crippen LogP contribution >= 0.6 is 11.6 Å². The molecule has 0 aliphatic carbocycles. The number of aryl methyl sites for hydroxylation is 1. The van der Waals surface area contributed by atoms with E-state index in [0.717, 1.165) is 17.2 Å². The summed E-state index contributed by atoms with van der Waals surface area (Å²) in [7, 11) is 0. The van der Waals surface area contributed by atoms with Crippen molar-refractivity contribution in [2.24, 2.45) is 0 Å². The molecule has 2 saturated heterocycles. The van der Waals surface area contributed by atoms with Crippen LogP contribution in [0.3, 0.4) is 0 Å². The van der Waals surface area contributed by atoms with E-state index in [2.05, 4.69) is 15.3 Å². The molecule has 7 rings (SSSR count). The Bertz CT molecular complexity index is 1920. The molecule has 3 aliphatic rings. The van der Waals surface area contributed by atoms with Crippen LogP contribution in [0.15, 0.2) is 36.5 Å². The fraction of sp³-hybridized carbons (Fsp3) is 0.333. The minimum atomic E-state index is -4.63. The summed E-state index contributed by atoms with van der Waals surface area (Å²) in [6.07, 6.45) is -4.53. The highest BCUT2D eigenvalue weighted by atomic mass is 35.5. The molecule has 4 aromatic rings. The number of nitrogens with zero attached hydrogens (tertiary/aromatic N) is 6. The smallest absolute Gasteiger partial charge is 0.351 e. The van der Waals surface area contributed by atoms with E-state index in [1.54, 1.807) is 30.0 Å². The number of pyridine rings is 2. The number of aromatic nitrogens is 4. The minimum Gasteiger partial charge on any atom is -0.351 e. The van der Waals surface area contributed by atoms with Gasteiger partial charge in [-0.3, -0.25) is 24.7 Å². The van der Waals surface area contributed by atoms with Crippen LogP contribution in [0.1, 0.15) is 45.7 Å². The van der Waals surface area contributed by atoms with Gasteiger partial charge in [0.15, 0.2) is 5.65 Å². The standard InChI is InChI=1S/C30H24ClF4N7O3/c1-14-37-26-20(25-21(31)7-17(9-36-25)30(33,34)35)8-23(40-12-18(32)13-40)38-27(26)41(14)10-15-2-3-19-16(6-15)11-42(29(19)45)22-4-5-24(43)39-28(22)44/h2-3,6-9,18,22H,4-5,10-13H2,1H3,(H,39,43,44). The van der Waals surface area contributed by atoms with E-state index in [1.807, 2.05) is 10.6 Å². The molecule has 6 heterocycles. The Hall–Kier alpha value is -4.59. The number of carbonyl (C=O) groups excluding carboxylic acids is 3. The van der Waals surface area contributed by atoms with Crippen molar-refractivity contribution >= 4 is 46.3 Å². The van der Waals surface area contributed by atoms with E-state index in [1.165, 1.54) is 4.90 Å². The number of imide groups is 1. The van der Waals surface area contributed by atoms with Crippen molar-refractivity contribution in [2.75, 3.05) is 18.0 Å². The van der Waals surface area contributed by atoms with Crippen LogP contribution in [-0.4, -0.2) is 67.4 Å². The van der Waals surface area contributed by atoms with E-state index in [4.69, 9.17) is 16.6 Å². The first-order chi connectivity index (χ1) is 21.4. The maximum absolute atomic E-state index is 13.8. The van der Waals surface area contributed by atoms with Crippen LogP contribution in [0.4, 0.5) is 23.4 Å². The van der Waals surface area contributed by atoms with E-state index >= 15 is 0 Å². The molecule has 1 unspecified atom stereocenters. The number of piperidine rings is 1. The molecule has 0 saturated carbocycles. The molecule has 0 bridgehead atoms. The summed E-state index contributed by atoms with van der Waals surface area (Å²) < 4.78 is 55.6. The molecule has 10 nitrogen and oxygen atoms in total. The molecule has 1 N–H and O–H groups in total. The molecule has 3 aliphatic heterocycles. The van der Waals surface area contributed by atoms with Gasteiger partial charge in [0.2, 0.25) is 11.8 Å². The predicted octanol–water partition coefficient (Wildman–Crippen LogP) is 4.44. The Labute approximate surface area is 258 Å². The Balaban J connectivity index is 1.25. The van der Waals surface area contributed by atoms with Crippen LogP contribution in [0.25, 0.3) is 22.4 Å². The molecule has 3 aromatic heterocycles. The number of hydrogen-bond acceptors (Lipinski definition) is 7. The highest BCUT2D eigenvalue weighted by molar-refractivity contribution is 6.33. The molecule has 15 heteroatoms. The number of amides is 3. The highest BCUT2D eigenvalue weighted by Gasteiger charge is 2.39. The quantitative estimate of drug-likeness (QED) is 0.253. The van der Waals surface area contributed by atoms with Gasteiger partial charge in [-0.15, -0.1) is 0 Å². The van der Waals surface area contributed by atoms with Crippen molar-refractivity contribution < 1.29 is 31.9 Å². The normalized spacial score (nSPS) is 18.9. The second kappa shape index (κ2) is 10.5. The zero-order valence-corrected chi connectivity index (χ0v) is 24.4. The lowest BCUT2D eigenvalue weighted by atomic mass is 10.0. The summed E-state index contributed by atoms with van der Waals surface area (Å²) in [6, 6.07) is 7.04. The van der Waals surface area contributed by atoms with Crippen molar-refractivity contribution in [3.63, 3.8) is 0 Å². The van der Waals surface area contributed by atoms with Crippen molar-refractivity contribution in [3.05, 3.63) is 69.6 Å². The summed E-state index contributed by atoms with van der Waals surface area (Å²) >= 11 is 6.34. The second-order valence-electron chi connectivity index (χ2n) is 11.4. The van der Waals surface area contributed by atoms with Gasteiger partial charge in [0.1, 0.15) is 29.4 Å². The zero-order valence-electron chi connectivity index (χ0n) is 23.7. The number of benzene rings is 1. The first-order valence-corrected chi connectivity index (χ1v) is 14.5. The minimum absolute atomic E-state index is 0.0878. The van der Waals surface area contributed by atoms with Crippen molar-refractivity contribution in [1.82, 2.24) is 29.7 Å². The molecule has 3 amide bonds. The lowest BCUT2D eigenvalue weighted by molar-refractivity contribution is -0.138. The topological polar surface area (TPSA) is 113 Å². The Morgan fingerprint density at radius 2 is 1.84 bits per heavy atom. The largest absolute Gasteiger partial charge is 0.417 e. The van der Waals surface area contributed by atoms with Gasteiger partial charge >= 0.3 is 6.18 Å². The Morgan fingerprint density at radius 3 is 2.53 bits per heavy atom. The zero-order chi connectivity index (χ0) is 31.8. The van der Waals surface area contributed by atoms with Gasteiger partial charge in [0.05, 0.1) is 35.9 Å². The van der Waals surface area contributed by atoms with Gasteiger partial charge in [-0.05, 0) is 42.7 Å². The number of hydrogen-bond donors (Lipinski definition) is 1. The van der Waals surface area contributed by atoms with Crippen LogP contribution in [0, 0.1) is 6.92 Å². The summed E-state index contributed by atoms with van der Waals surface area (Å²) in [6.45, 7) is 2.47. The number of anilines is 1. The number of fused-ring (bicyclic) bond motifs is 2. The van der Waals surface area contributed by atoms with Gasteiger partial charge in [-0.1, -0.05) is 23.7 Å². The van der Waals surface area contributed by atoms with E-state index in [0.29, 0.717) is 40.1 Å². The van der Waals surface area contributed by atoms with Crippen LogP contribution in [0.5, 0.6) is 0 Å². The van der Waals surface area contributed by atoms with Gasteiger partial charge < -0.3 is 14.4 Å². The van der Waals surface area contributed by atoms with E-state index in [-0.39, 0.29) is 61.6 Å². The Kier molecular flexibility index (Phi) is 6.80. The van der Waals surface area contributed by atoms with Gasteiger partial charge in [-0.25, -0.2) is 14.4 Å². The molecular formula is C30H24ClF4N7O3. The summed E-state index contributed by atoms with van der Waals surface area (Å²) in [4.78, 5) is 53.8. The fourth-order valence-corrected chi connectivity index (χ4v) is 6.30. The maximum atomic E-state index is 13.8. The molecule has 232 valence electrons. The summed E-state index contributed by atoms with van der Waals surface area (Å²) in [5, 5.41) is 2.08. The van der Waals surface area contributed by atoms with Gasteiger partial charge in [0.25, 0.3) is 5.91 Å². The first kappa shape index (κ1) is 29.1. The third-order valence-electron chi connectivity index (χ3n) is 8.39. The number of rotatable bonds is 5. The molecular weight excluding hydrogens is 618 g/mol. The lowest BCUT2D eigenvalue weighted by Crippen LogP contribution is -2.52. The number of nitrogens with one attached hydrogen (secondary N) is 1. The SMILES string of the molecule is Cc1nc2c(-c3ncc(C(F)(F)F)cc3Cl)cc(N3CC(F)C3)nc2n1Cc1ccc2c(c1)CN(C1CCC(=O)NC1=O)C2=O. The van der Waals surface area contributed by atoms with E-state index < -0.39 is 29.9 Å².